The molecule has 1 unspecified atom stereocenters. The van der Waals surface area contributed by atoms with Crippen LogP contribution in [0.25, 0.3) is 0 Å². The molecule has 3 rings (SSSR count). The second-order valence-electron chi connectivity index (χ2n) is 6.57. The molecule has 0 saturated carbocycles. The summed E-state index contributed by atoms with van der Waals surface area (Å²) in [7, 11) is 0. The van der Waals surface area contributed by atoms with E-state index in [2.05, 4.69) is 42.3 Å². The quantitative estimate of drug-likeness (QED) is 0.865. The number of fused-ring (bicyclic) bond motifs is 1. The lowest BCUT2D eigenvalue weighted by molar-refractivity contribution is -0.132. The van der Waals surface area contributed by atoms with Crippen LogP contribution in [0.5, 0.6) is 0 Å². The van der Waals surface area contributed by atoms with E-state index in [1.807, 2.05) is 17.8 Å². The van der Waals surface area contributed by atoms with Crippen LogP contribution in [-0.2, 0) is 11.3 Å². The first-order valence-corrected chi connectivity index (χ1v) is 8.77. The van der Waals surface area contributed by atoms with E-state index < -0.39 is 0 Å². The largest absolute Gasteiger partial charge is 0.341 e. The SMILES string of the molecule is CC1(C)CCN(C(=O)C2CNCc3ccccc32)CCS1. The number of hydrogen-bond donors (Lipinski definition) is 1. The van der Waals surface area contributed by atoms with Gasteiger partial charge in [-0.2, -0.15) is 11.8 Å². The van der Waals surface area contributed by atoms with Crippen LogP contribution < -0.4 is 5.32 Å². The molecule has 114 valence electrons. The first kappa shape index (κ1) is 14.9. The fourth-order valence-electron chi connectivity index (χ4n) is 3.18. The molecule has 3 nitrogen and oxygen atoms in total. The maximum atomic E-state index is 13.0. The third kappa shape index (κ3) is 3.27. The van der Waals surface area contributed by atoms with Gasteiger partial charge in [-0.15, -0.1) is 0 Å². The monoisotopic (exact) mass is 304 g/mol. The number of benzene rings is 1. The Morgan fingerprint density at radius 2 is 2.14 bits per heavy atom. The van der Waals surface area contributed by atoms with E-state index in [1.54, 1.807) is 0 Å². The molecular weight excluding hydrogens is 280 g/mol. The molecule has 0 spiro atoms. The maximum absolute atomic E-state index is 13.0. The summed E-state index contributed by atoms with van der Waals surface area (Å²) in [6.45, 7) is 7.97. The van der Waals surface area contributed by atoms with Crippen LogP contribution in [0.15, 0.2) is 24.3 Å². The van der Waals surface area contributed by atoms with Gasteiger partial charge in [-0.25, -0.2) is 0 Å². The summed E-state index contributed by atoms with van der Waals surface area (Å²) in [5.41, 5.74) is 2.49. The summed E-state index contributed by atoms with van der Waals surface area (Å²) in [6.07, 6.45) is 1.07. The summed E-state index contributed by atoms with van der Waals surface area (Å²) in [5, 5.41) is 3.39. The second kappa shape index (κ2) is 6.01. The molecule has 1 aromatic rings. The molecule has 1 fully saturated rings. The molecule has 0 aliphatic carbocycles. The standard InChI is InChI=1S/C17H24N2OS/c1-17(2)7-8-19(9-10-21-17)16(20)15-12-18-11-13-5-3-4-6-14(13)15/h3-6,15,18H,7-12H2,1-2H3. The van der Waals surface area contributed by atoms with Gasteiger partial charge in [-0.1, -0.05) is 38.1 Å². The van der Waals surface area contributed by atoms with Crippen molar-refractivity contribution in [2.45, 2.75) is 37.5 Å². The van der Waals surface area contributed by atoms with Gasteiger partial charge >= 0.3 is 0 Å². The summed E-state index contributed by atoms with van der Waals surface area (Å²) in [5.74, 6) is 1.33. The molecule has 2 heterocycles. The van der Waals surface area contributed by atoms with Crippen LogP contribution in [0, 0.1) is 0 Å². The number of nitrogens with zero attached hydrogens (tertiary/aromatic N) is 1. The van der Waals surface area contributed by atoms with E-state index in [0.29, 0.717) is 5.91 Å². The fourth-order valence-corrected chi connectivity index (χ4v) is 4.28. The highest BCUT2D eigenvalue weighted by Crippen LogP contribution is 2.32. The van der Waals surface area contributed by atoms with E-state index in [0.717, 1.165) is 38.4 Å². The molecule has 1 N–H and O–H groups in total. The lowest BCUT2D eigenvalue weighted by atomic mass is 9.89. The summed E-state index contributed by atoms with van der Waals surface area (Å²) in [4.78, 5) is 15.0. The Hall–Kier alpha value is -1.00. The van der Waals surface area contributed by atoms with Crippen molar-refractivity contribution in [1.29, 1.82) is 0 Å². The maximum Gasteiger partial charge on any atom is 0.231 e. The minimum Gasteiger partial charge on any atom is -0.341 e. The molecule has 0 bridgehead atoms. The number of nitrogens with one attached hydrogen (secondary N) is 1. The third-order valence-electron chi connectivity index (χ3n) is 4.54. The zero-order valence-corrected chi connectivity index (χ0v) is 13.7. The number of carbonyl (C=O) groups is 1. The fraction of sp³-hybridized carbons (Fsp3) is 0.588. The molecule has 1 amide bonds. The number of hydrogen-bond acceptors (Lipinski definition) is 3. The molecular formula is C17H24N2OS. The Kier molecular flexibility index (Phi) is 4.27. The van der Waals surface area contributed by atoms with Crippen molar-refractivity contribution in [1.82, 2.24) is 10.2 Å². The van der Waals surface area contributed by atoms with Gasteiger partial charge in [0, 0.05) is 36.7 Å². The Morgan fingerprint density at radius 3 is 3.00 bits per heavy atom. The third-order valence-corrected chi connectivity index (χ3v) is 5.91. The van der Waals surface area contributed by atoms with Crippen LogP contribution in [0.1, 0.15) is 37.3 Å². The molecule has 0 aromatic heterocycles. The van der Waals surface area contributed by atoms with Crippen LogP contribution in [-0.4, -0.2) is 40.9 Å². The number of carbonyl (C=O) groups excluding carboxylic acids is 1. The van der Waals surface area contributed by atoms with E-state index in [9.17, 15) is 4.79 Å². The minimum atomic E-state index is -0.0128. The van der Waals surface area contributed by atoms with Gasteiger partial charge in [0.2, 0.25) is 5.91 Å². The normalized spacial score (nSPS) is 25.0. The molecule has 0 radical (unpaired) electrons. The highest BCUT2D eigenvalue weighted by atomic mass is 32.2. The van der Waals surface area contributed by atoms with Crippen molar-refractivity contribution in [3.63, 3.8) is 0 Å². The molecule has 1 atom stereocenters. The van der Waals surface area contributed by atoms with Gasteiger partial charge in [-0.3, -0.25) is 4.79 Å². The van der Waals surface area contributed by atoms with E-state index in [4.69, 9.17) is 0 Å². The van der Waals surface area contributed by atoms with Crippen molar-refractivity contribution < 1.29 is 4.79 Å². The number of thioether (sulfide) groups is 1. The van der Waals surface area contributed by atoms with Crippen LogP contribution in [0.4, 0.5) is 0 Å². The number of amides is 1. The smallest absolute Gasteiger partial charge is 0.231 e. The zero-order chi connectivity index (χ0) is 14.9. The van der Waals surface area contributed by atoms with Gasteiger partial charge in [0.1, 0.15) is 0 Å². The molecule has 2 aliphatic rings. The minimum absolute atomic E-state index is 0.0128. The van der Waals surface area contributed by atoms with Crippen molar-refractivity contribution in [2.24, 2.45) is 0 Å². The average Bonchev–Trinajstić information content (AvgIpc) is 2.67. The topological polar surface area (TPSA) is 32.3 Å². The highest BCUT2D eigenvalue weighted by molar-refractivity contribution is 8.00. The zero-order valence-electron chi connectivity index (χ0n) is 12.9. The van der Waals surface area contributed by atoms with Crippen LogP contribution >= 0.6 is 11.8 Å². The number of rotatable bonds is 1. The first-order valence-electron chi connectivity index (χ1n) is 7.78. The van der Waals surface area contributed by atoms with Gasteiger partial charge in [0.15, 0.2) is 0 Å². The molecule has 4 heteroatoms. The van der Waals surface area contributed by atoms with Crippen LogP contribution in [0.3, 0.4) is 0 Å². The average molecular weight is 304 g/mol. The van der Waals surface area contributed by atoms with E-state index in [-0.39, 0.29) is 10.7 Å². The Balaban J connectivity index is 1.77. The summed E-state index contributed by atoms with van der Waals surface area (Å²) in [6, 6.07) is 8.35. The summed E-state index contributed by atoms with van der Waals surface area (Å²) >= 11 is 1.99. The Morgan fingerprint density at radius 1 is 1.33 bits per heavy atom. The second-order valence-corrected chi connectivity index (χ2v) is 8.37. The summed E-state index contributed by atoms with van der Waals surface area (Å²) < 4.78 is 0.289. The molecule has 1 saturated heterocycles. The lowest BCUT2D eigenvalue weighted by Crippen LogP contribution is -2.42. The van der Waals surface area contributed by atoms with Crippen molar-refractivity contribution in [3.05, 3.63) is 35.4 Å². The van der Waals surface area contributed by atoms with Crippen molar-refractivity contribution >= 4 is 17.7 Å². The highest BCUT2D eigenvalue weighted by Gasteiger charge is 2.32. The molecule has 2 aliphatic heterocycles. The van der Waals surface area contributed by atoms with E-state index >= 15 is 0 Å². The van der Waals surface area contributed by atoms with E-state index in [1.165, 1.54) is 11.1 Å². The predicted octanol–water partition coefficient (Wildman–Crippen LogP) is 2.62. The van der Waals surface area contributed by atoms with Crippen molar-refractivity contribution in [3.8, 4) is 0 Å². The lowest BCUT2D eigenvalue weighted by Gasteiger charge is -2.31. The van der Waals surface area contributed by atoms with Gasteiger partial charge in [-0.05, 0) is 17.5 Å². The first-order chi connectivity index (χ1) is 10.1. The van der Waals surface area contributed by atoms with Crippen LogP contribution in [0.2, 0.25) is 0 Å². The Bertz CT molecular complexity index is 529. The predicted molar refractivity (Wildman–Crippen MR) is 88.6 cm³/mol. The molecule has 1 aromatic carbocycles. The van der Waals surface area contributed by atoms with Gasteiger partial charge < -0.3 is 10.2 Å². The Labute approximate surface area is 131 Å². The van der Waals surface area contributed by atoms with Gasteiger partial charge in [0.25, 0.3) is 0 Å². The van der Waals surface area contributed by atoms with Gasteiger partial charge in [0.05, 0.1) is 5.92 Å². The van der Waals surface area contributed by atoms with Crippen molar-refractivity contribution in [2.75, 3.05) is 25.4 Å². The molecule has 21 heavy (non-hydrogen) atoms.